The van der Waals surface area contributed by atoms with Crippen LogP contribution in [0.5, 0.6) is 0 Å². The van der Waals surface area contributed by atoms with Crippen LogP contribution in [0.2, 0.25) is 0 Å². The molecule has 1 fully saturated rings. The van der Waals surface area contributed by atoms with Crippen LogP contribution in [-0.4, -0.2) is 21.9 Å². The molecule has 2 aliphatic rings. The fourth-order valence-electron chi connectivity index (χ4n) is 2.87. The highest BCUT2D eigenvalue weighted by Crippen LogP contribution is 2.46. The summed E-state index contributed by atoms with van der Waals surface area (Å²) in [5.41, 5.74) is 1.19. The van der Waals surface area contributed by atoms with Gasteiger partial charge in [0.15, 0.2) is 0 Å². The molecule has 1 aromatic rings. The number of aromatic amines is 1. The zero-order valence-corrected chi connectivity index (χ0v) is 10.6. The van der Waals surface area contributed by atoms with Crippen LogP contribution < -0.4 is 5.32 Å². The Balaban J connectivity index is 1.87. The summed E-state index contributed by atoms with van der Waals surface area (Å²) in [7, 11) is 0. The molecule has 1 atom stereocenters. The van der Waals surface area contributed by atoms with Gasteiger partial charge in [0.1, 0.15) is 5.82 Å². The zero-order chi connectivity index (χ0) is 11.7. The molecule has 4 nitrogen and oxygen atoms in total. The lowest BCUT2D eigenvalue weighted by atomic mass is 9.85. The molecule has 2 heterocycles. The molecule has 1 aliphatic heterocycles. The lowest BCUT2D eigenvalue weighted by Crippen LogP contribution is -2.14. The van der Waals surface area contributed by atoms with Gasteiger partial charge in [0.2, 0.25) is 5.91 Å². The monoisotopic (exact) mass is 251 g/mol. The predicted octanol–water partition coefficient (Wildman–Crippen LogP) is 2.72. The highest BCUT2D eigenvalue weighted by atomic mass is 32.2. The fourth-order valence-corrected chi connectivity index (χ4v) is 4.17. The number of aromatic nitrogens is 2. The van der Waals surface area contributed by atoms with E-state index in [1.807, 2.05) is 6.20 Å². The number of hydrogen-bond acceptors (Lipinski definition) is 3. The molecular weight excluding hydrogens is 234 g/mol. The largest absolute Gasteiger partial charge is 0.310 e. The Morgan fingerprint density at radius 2 is 2.12 bits per heavy atom. The van der Waals surface area contributed by atoms with Crippen molar-refractivity contribution < 1.29 is 4.79 Å². The summed E-state index contributed by atoms with van der Waals surface area (Å²) in [6.45, 7) is 0. The van der Waals surface area contributed by atoms with Crippen LogP contribution in [0.4, 0.5) is 5.82 Å². The van der Waals surface area contributed by atoms with E-state index in [2.05, 4.69) is 15.5 Å². The average molecular weight is 251 g/mol. The molecule has 1 amide bonds. The molecule has 3 rings (SSSR count). The third-order valence-electron chi connectivity index (χ3n) is 3.71. The smallest absolute Gasteiger partial charge is 0.235 e. The van der Waals surface area contributed by atoms with Crippen LogP contribution in [0.25, 0.3) is 0 Å². The maximum Gasteiger partial charge on any atom is 0.235 e. The molecule has 1 unspecified atom stereocenters. The van der Waals surface area contributed by atoms with Crippen LogP contribution in [0.15, 0.2) is 6.20 Å². The minimum Gasteiger partial charge on any atom is -0.310 e. The molecule has 92 valence electrons. The van der Waals surface area contributed by atoms with Crippen molar-refractivity contribution >= 4 is 23.5 Å². The first kappa shape index (κ1) is 11.1. The van der Waals surface area contributed by atoms with Crippen molar-refractivity contribution in [1.29, 1.82) is 0 Å². The summed E-state index contributed by atoms with van der Waals surface area (Å²) >= 11 is 1.77. The van der Waals surface area contributed by atoms with Gasteiger partial charge in [0.25, 0.3) is 0 Å². The van der Waals surface area contributed by atoms with E-state index < -0.39 is 0 Å². The molecule has 1 aliphatic carbocycles. The van der Waals surface area contributed by atoms with Gasteiger partial charge < -0.3 is 5.32 Å². The first-order chi connectivity index (χ1) is 8.34. The van der Waals surface area contributed by atoms with Gasteiger partial charge in [-0.3, -0.25) is 9.89 Å². The summed E-state index contributed by atoms with van der Waals surface area (Å²) in [6.07, 6.45) is 8.48. The van der Waals surface area contributed by atoms with Crippen molar-refractivity contribution in [3.63, 3.8) is 0 Å². The quantitative estimate of drug-likeness (QED) is 0.807. The second-order valence-corrected chi connectivity index (χ2v) is 6.01. The lowest BCUT2D eigenvalue weighted by Gasteiger charge is -2.28. The number of nitrogens with zero attached hydrogens (tertiary/aromatic N) is 1. The van der Waals surface area contributed by atoms with Crippen LogP contribution >= 0.6 is 11.8 Å². The van der Waals surface area contributed by atoms with Crippen molar-refractivity contribution in [2.75, 3.05) is 11.1 Å². The van der Waals surface area contributed by atoms with Crippen molar-refractivity contribution in [3.8, 4) is 0 Å². The van der Waals surface area contributed by atoms with Gasteiger partial charge >= 0.3 is 0 Å². The van der Waals surface area contributed by atoms with Crippen LogP contribution in [-0.2, 0) is 4.79 Å². The zero-order valence-electron chi connectivity index (χ0n) is 9.74. The Morgan fingerprint density at radius 1 is 1.29 bits per heavy atom. The van der Waals surface area contributed by atoms with E-state index >= 15 is 0 Å². The third kappa shape index (κ3) is 2.20. The second-order valence-electron chi connectivity index (χ2n) is 4.88. The Bertz CT molecular complexity index is 412. The number of anilines is 1. The van der Waals surface area contributed by atoms with Gasteiger partial charge in [0, 0.05) is 10.8 Å². The molecule has 17 heavy (non-hydrogen) atoms. The second kappa shape index (κ2) is 4.72. The fraction of sp³-hybridized carbons (Fsp3) is 0.667. The van der Waals surface area contributed by atoms with E-state index in [1.165, 1.54) is 37.7 Å². The van der Waals surface area contributed by atoms with Gasteiger partial charge in [-0.1, -0.05) is 19.3 Å². The molecule has 0 spiro atoms. The van der Waals surface area contributed by atoms with Crippen LogP contribution in [0.3, 0.4) is 0 Å². The first-order valence-corrected chi connectivity index (χ1v) is 7.34. The van der Waals surface area contributed by atoms with Crippen molar-refractivity contribution in [1.82, 2.24) is 10.2 Å². The summed E-state index contributed by atoms with van der Waals surface area (Å²) in [5.74, 6) is 2.16. The maximum absolute atomic E-state index is 11.6. The SMILES string of the molecule is O=C1CSC(C2CCCCC2)c2cn[nH]c2N1. The Kier molecular flexibility index (Phi) is 3.09. The summed E-state index contributed by atoms with van der Waals surface area (Å²) < 4.78 is 0. The number of thioether (sulfide) groups is 1. The van der Waals surface area contributed by atoms with Crippen LogP contribution in [0, 0.1) is 5.92 Å². The average Bonchev–Trinajstić information content (AvgIpc) is 2.73. The number of fused-ring (bicyclic) bond motifs is 1. The number of carbonyl (C=O) groups is 1. The maximum atomic E-state index is 11.6. The Hall–Kier alpha value is -0.970. The highest BCUT2D eigenvalue weighted by Gasteiger charge is 2.31. The Morgan fingerprint density at radius 3 is 2.94 bits per heavy atom. The van der Waals surface area contributed by atoms with Gasteiger partial charge in [-0.25, -0.2) is 0 Å². The van der Waals surface area contributed by atoms with Crippen molar-refractivity contribution in [2.24, 2.45) is 5.92 Å². The molecular formula is C12H17N3OS. The number of nitrogens with one attached hydrogen (secondary N) is 2. The molecule has 0 saturated heterocycles. The third-order valence-corrected chi connectivity index (χ3v) is 5.14. The lowest BCUT2D eigenvalue weighted by molar-refractivity contribution is -0.113. The minimum atomic E-state index is 0.0822. The molecule has 5 heteroatoms. The molecule has 2 N–H and O–H groups in total. The topological polar surface area (TPSA) is 57.8 Å². The van der Waals surface area contributed by atoms with E-state index in [-0.39, 0.29) is 5.91 Å². The van der Waals surface area contributed by atoms with Gasteiger partial charge in [-0.05, 0) is 18.8 Å². The van der Waals surface area contributed by atoms with E-state index in [9.17, 15) is 4.79 Å². The van der Waals surface area contributed by atoms with E-state index in [1.54, 1.807) is 11.8 Å². The van der Waals surface area contributed by atoms with E-state index in [0.717, 1.165) is 5.82 Å². The van der Waals surface area contributed by atoms with E-state index in [0.29, 0.717) is 16.9 Å². The molecule has 1 aromatic heterocycles. The summed E-state index contributed by atoms with van der Waals surface area (Å²) in [5, 5.41) is 10.3. The van der Waals surface area contributed by atoms with E-state index in [4.69, 9.17) is 0 Å². The van der Waals surface area contributed by atoms with Gasteiger partial charge in [0.05, 0.1) is 11.9 Å². The predicted molar refractivity (Wildman–Crippen MR) is 69.0 cm³/mol. The molecule has 1 saturated carbocycles. The van der Waals surface area contributed by atoms with Crippen molar-refractivity contribution in [2.45, 2.75) is 37.4 Å². The number of hydrogen-bond donors (Lipinski definition) is 2. The number of carbonyl (C=O) groups excluding carboxylic acids is 1. The Labute approximate surface area is 105 Å². The normalized spacial score (nSPS) is 26.1. The highest BCUT2D eigenvalue weighted by molar-refractivity contribution is 8.00. The summed E-state index contributed by atoms with van der Waals surface area (Å²) in [6, 6.07) is 0. The standard InChI is InChI=1S/C12H17N3OS/c16-10-7-17-11(8-4-2-1-3-5-8)9-6-13-15-12(9)14-10/h6,8,11H,1-5,7H2,(H2,13,14,15,16). The molecule has 0 aromatic carbocycles. The van der Waals surface area contributed by atoms with Crippen molar-refractivity contribution in [3.05, 3.63) is 11.8 Å². The van der Waals surface area contributed by atoms with Gasteiger partial charge in [-0.15, -0.1) is 11.8 Å². The van der Waals surface area contributed by atoms with Gasteiger partial charge in [-0.2, -0.15) is 5.10 Å². The first-order valence-electron chi connectivity index (χ1n) is 6.29. The summed E-state index contributed by atoms with van der Waals surface area (Å²) in [4.78, 5) is 11.6. The molecule has 0 bridgehead atoms. The minimum absolute atomic E-state index is 0.0822. The number of H-pyrrole nitrogens is 1. The van der Waals surface area contributed by atoms with Crippen LogP contribution in [0.1, 0.15) is 42.9 Å². The number of amides is 1. The number of rotatable bonds is 1. The molecule has 0 radical (unpaired) electrons.